The Morgan fingerprint density at radius 2 is 1.53 bits per heavy atom. The van der Waals surface area contributed by atoms with E-state index in [9.17, 15) is 9.59 Å². The van der Waals surface area contributed by atoms with Gasteiger partial charge >= 0.3 is 11.9 Å². The summed E-state index contributed by atoms with van der Waals surface area (Å²) in [5.41, 5.74) is 0.570. The molecule has 0 bridgehead atoms. The molecule has 6 heteroatoms. The summed E-state index contributed by atoms with van der Waals surface area (Å²) in [7, 11) is 0. The van der Waals surface area contributed by atoms with Crippen molar-refractivity contribution < 1.29 is 19.8 Å². The van der Waals surface area contributed by atoms with E-state index in [1.54, 1.807) is 6.92 Å². The number of hydrogen-bond donors (Lipinski definition) is 4. The van der Waals surface area contributed by atoms with Gasteiger partial charge in [0.1, 0.15) is 0 Å². The van der Waals surface area contributed by atoms with Crippen LogP contribution in [0.15, 0.2) is 18.2 Å². The third-order valence-corrected chi connectivity index (χ3v) is 2.67. The van der Waals surface area contributed by atoms with Crippen LogP contribution in [0.3, 0.4) is 0 Å². The smallest absolute Gasteiger partial charge is 0.335 e. The summed E-state index contributed by atoms with van der Waals surface area (Å²) in [6, 6.07) is 4.01. The molecule has 1 heterocycles. The Morgan fingerprint density at radius 3 is 1.89 bits per heavy atom. The first kappa shape index (κ1) is 15.1. The van der Waals surface area contributed by atoms with Crippen molar-refractivity contribution in [1.29, 1.82) is 0 Å². The number of carbonyl (C=O) groups is 2. The van der Waals surface area contributed by atoms with Crippen LogP contribution in [0.2, 0.25) is 0 Å². The summed E-state index contributed by atoms with van der Waals surface area (Å²) in [6.45, 7) is 6.18. The largest absolute Gasteiger partial charge is 0.478 e. The van der Waals surface area contributed by atoms with Crippen molar-refractivity contribution in [3.8, 4) is 0 Å². The van der Waals surface area contributed by atoms with Gasteiger partial charge in [-0.15, -0.1) is 0 Å². The van der Waals surface area contributed by atoms with Crippen LogP contribution >= 0.6 is 0 Å². The van der Waals surface area contributed by atoms with Gasteiger partial charge in [0.15, 0.2) is 0 Å². The molecule has 0 unspecified atom stereocenters. The molecule has 0 saturated carbocycles. The lowest BCUT2D eigenvalue weighted by Gasteiger charge is -2.11. The average Bonchev–Trinajstić information content (AvgIpc) is 2.41. The molecule has 0 spiro atoms. The first-order valence-corrected chi connectivity index (χ1v) is 6.01. The Hall–Kier alpha value is -1.92. The van der Waals surface area contributed by atoms with Gasteiger partial charge in [0.05, 0.1) is 11.1 Å². The van der Waals surface area contributed by atoms with E-state index in [2.05, 4.69) is 10.6 Å². The lowest BCUT2D eigenvalue weighted by atomic mass is 10.1. The van der Waals surface area contributed by atoms with Gasteiger partial charge in [0.25, 0.3) is 0 Å². The standard InChI is InChI=1S/C9H8O4.C4H10N2/c1-5-2-3-6(8(10)11)4-7(5)9(12)13;1-2-6-4-3-5-1/h2-4H,1H3,(H,10,11)(H,12,13);5-6H,1-4H2. The summed E-state index contributed by atoms with van der Waals surface area (Å²) in [5.74, 6) is -2.23. The highest BCUT2D eigenvalue weighted by molar-refractivity contribution is 5.94. The fourth-order valence-corrected chi connectivity index (χ4v) is 1.59. The van der Waals surface area contributed by atoms with Gasteiger partial charge in [-0.1, -0.05) is 6.07 Å². The summed E-state index contributed by atoms with van der Waals surface area (Å²) in [5, 5.41) is 23.7. The minimum atomic E-state index is -1.12. The lowest BCUT2D eigenvalue weighted by molar-refractivity contribution is 0.0695. The molecule has 1 aromatic rings. The maximum Gasteiger partial charge on any atom is 0.335 e. The van der Waals surface area contributed by atoms with Crippen molar-refractivity contribution in [3.05, 3.63) is 34.9 Å². The molecule has 104 valence electrons. The Kier molecular flexibility index (Phi) is 5.98. The summed E-state index contributed by atoms with van der Waals surface area (Å²) < 4.78 is 0. The van der Waals surface area contributed by atoms with Crippen LogP contribution in [0.1, 0.15) is 26.3 Å². The Bertz CT molecular complexity index is 444. The number of aromatic carboxylic acids is 2. The third kappa shape index (κ3) is 5.07. The number of carboxylic acid groups (broad SMARTS) is 2. The highest BCUT2D eigenvalue weighted by atomic mass is 16.4. The van der Waals surface area contributed by atoms with E-state index in [1.807, 2.05) is 0 Å². The third-order valence-electron chi connectivity index (χ3n) is 2.67. The topological polar surface area (TPSA) is 98.7 Å². The number of benzene rings is 1. The van der Waals surface area contributed by atoms with Crippen molar-refractivity contribution >= 4 is 11.9 Å². The van der Waals surface area contributed by atoms with E-state index in [0.717, 1.165) is 32.2 Å². The second kappa shape index (κ2) is 7.50. The summed E-state index contributed by atoms with van der Waals surface area (Å²) in [6.07, 6.45) is 0. The van der Waals surface area contributed by atoms with E-state index >= 15 is 0 Å². The van der Waals surface area contributed by atoms with Gasteiger partial charge in [-0.3, -0.25) is 0 Å². The van der Waals surface area contributed by atoms with Gasteiger partial charge in [-0.25, -0.2) is 9.59 Å². The van der Waals surface area contributed by atoms with Crippen LogP contribution < -0.4 is 10.6 Å². The van der Waals surface area contributed by atoms with Crippen molar-refractivity contribution in [2.24, 2.45) is 0 Å². The van der Waals surface area contributed by atoms with Crippen molar-refractivity contribution in [2.75, 3.05) is 26.2 Å². The predicted octanol–water partition coefficient (Wildman–Crippen LogP) is 0.571. The fourth-order valence-electron chi connectivity index (χ4n) is 1.59. The zero-order chi connectivity index (χ0) is 14.3. The zero-order valence-corrected chi connectivity index (χ0v) is 10.8. The zero-order valence-electron chi connectivity index (χ0n) is 10.8. The Morgan fingerprint density at radius 1 is 1.00 bits per heavy atom. The number of rotatable bonds is 2. The molecule has 1 aromatic carbocycles. The SMILES string of the molecule is C1CNCCN1.Cc1ccc(C(=O)O)cc1C(=O)O. The highest BCUT2D eigenvalue weighted by Gasteiger charge is 2.10. The number of hydrogen-bond acceptors (Lipinski definition) is 4. The molecular formula is C13H18N2O4. The molecule has 6 nitrogen and oxygen atoms in total. The van der Waals surface area contributed by atoms with Gasteiger partial charge < -0.3 is 20.8 Å². The quantitative estimate of drug-likeness (QED) is 0.624. The molecule has 0 aliphatic carbocycles. The minimum Gasteiger partial charge on any atom is -0.478 e. The molecular weight excluding hydrogens is 248 g/mol. The van der Waals surface area contributed by atoms with E-state index in [0.29, 0.717) is 5.56 Å². The second-order valence-electron chi connectivity index (χ2n) is 4.14. The predicted molar refractivity (Wildman–Crippen MR) is 70.8 cm³/mol. The summed E-state index contributed by atoms with van der Waals surface area (Å²) in [4.78, 5) is 21.1. The van der Waals surface area contributed by atoms with Crippen molar-refractivity contribution in [1.82, 2.24) is 10.6 Å². The molecule has 19 heavy (non-hydrogen) atoms. The molecule has 1 saturated heterocycles. The second-order valence-corrected chi connectivity index (χ2v) is 4.14. The van der Waals surface area contributed by atoms with Gasteiger partial charge in [-0.2, -0.15) is 0 Å². The summed E-state index contributed by atoms with van der Waals surface area (Å²) >= 11 is 0. The molecule has 2 rings (SSSR count). The number of carboxylic acids is 2. The Balaban J connectivity index is 0.000000250. The molecule has 0 atom stereocenters. The molecule has 1 aliphatic rings. The van der Waals surface area contributed by atoms with Crippen molar-refractivity contribution in [2.45, 2.75) is 6.92 Å². The molecule has 0 amide bonds. The van der Waals surface area contributed by atoms with Crippen LogP contribution in [0.25, 0.3) is 0 Å². The van der Waals surface area contributed by atoms with Crippen LogP contribution in [-0.2, 0) is 0 Å². The molecule has 1 aliphatic heterocycles. The Labute approximate surface area is 111 Å². The van der Waals surface area contributed by atoms with Crippen LogP contribution in [0.4, 0.5) is 0 Å². The lowest BCUT2D eigenvalue weighted by Crippen LogP contribution is -2.39. The minimum absolute atomic E-state index is 0.0111. The van der Waals surface area contributed by atoms with Gasteiger partial charge in [0, 0.05) is 26.2 Å². The van der Waals surface area contributed by atoms with Crippen LogP contribution in [0, 0.1) is 6.92 Å². The molecule has 1 fully saturated rings. The number of aryl methyl sites for hydroxylation is 1. The van der Waals surface area contributed by atoms with E-state index < -0.39 is 11.9 Å². The van der Waals surface area contributed by atoms with Crippen LogP contribution in [0.5, 0.6) is 0 Å². The molecule has 4 N–H and O–H groups in total. The molecule has 0 radical (unpaired) electrons. The van der Waals surface area contributed by atoms with E-state index in [1.165, 1.54) is 12.1 Å². The monoisotopic (exact) mass is 266 g/mol. The average molecular weight is 266 g/mol. The molecule has 0 aromatic heterocycles. The van der Waals surface area contributed by atoms with Crippen LogP contribution in [-0.4, -0.2) is 48.3 Å². The van der Waals surface area contributed by atoms with Gasteiger partial charge in [-0.05, 0) is 24.6 Å². The van der Waals surface area contributed by atoms with E-state index in [4.69, 9.17) is 10.2 Å². The van der Waals surface area contributed by atoms with Gasteiger partial charge in [0.2, 0.25) is 0 Å². The first-order chi connectivity index (χ1) is 9.02. The normalized spacial score (nSPS) is 14.2. The maximum absolute atomic E-state index is 10.6. The van der Waals surface area contributed by atoms with Crippen molar-refractivity contribution in [3.63, 3.8) is 0 Å². The fraction of sp³-hybridized carbons (Fsp3) is 0.385. The number of nitrogens with one attached hydrogen (secondary N) is 2. The van der Waals surface area contributed by atoms with E-state index in [-0.39, 0.29) is 11.1 Å². The highest BCUT2D eigenvalue weighted by Crippen LogP contribution is 2.11. The first-order valence-electron chi connectivity index (χ1n) is 6.01. The maximum atomic E-state index is 10.6. The number of piperazine rings is 1.